The number of hydrogen-bond donors (Lipinski definition) is 2. The van der Waals surface area contributed by atoms with E-state index < -0.39 is 0 Å². The number of piperidine rings is 1. The molecule has 1 aromatic carbocycles. The topological polar surface area (TPSA) is 66.0 Å². The molecular weight excluding hydrogens is 352 g/mol. The van der Waals surface area contributed by atoms with Gasteiger partial charge in [-0.25, -0.2) is 4.79 Å². The average molecular weight is 381 g/mol. The number of aliphatic imine (C=N–C) groups is 1. The maximum absolute atomic E-state index is 11.8. The van der Waals surface area contributed by atoms with Crippen LogP contribution in [0.5, 0.6) is 0 Å². The predicted molar refractivity (Wildman–Crippen MR) is 106 cm³/mol. The standard InChI is InChI=1S/C19H29ClN4O2/c1-3-21-18(22-11-8-15-6-5-7-16(20)14-15)23-17-9-12-24(13-10-17)19(25)26-4-2/h5-7,14,17H,3-4,8-13H2,1-2H3,(H2,21,22,23). The Morgan fingerprint density at radius 1 is 1.35 bits per heavy atom. The highest BCUT2D eigenvalue weighted by atomic mass is 35.5. The van der Waals surface area contributed by atoms with Crippen molar-refractivity contribution in [3.63, 3.8) is 0 Å². The van der Waals surface area contributed by atoms with Gasteiger partial charge < -0.3 is 20.3 Å². The Morgan fingerprint density at radius 3 is 2.77 bits per heavy atom. The summed E-state index contributed by atoms with van der Waals surface area (Å²) in [7, 11) is 0. The number of carbonyl (C=O) groups excluding carboxylic acids is 1. The molecule has 0 bridgehead atoms. The molecule has 1 saturated heterocycles. The van der Waals surface area contributed by atoms with Gasteiger partial charge in [-0.15, -0.1) is 0 Å². The summed E-state index contributed by atoms with van der Waals surface area (Å²) in [5.74, 6) is 0.823. The fourth-order valence-corrected chi connectivity index (χ4v) is 3.14. The second-order valence-corrected chi connectivity index (χ2v) is 6.68. The van der Waals surface area contributed by atoms with E-state index >= 15 is 0 Å². The number of guanidine groups is 1. The lowest BCUT2D eigenvalue weighted by Gasteiger charge is -2.32. The third-order valence-electron chi connectivity index (χ3n) is 4.27. The summed E-state index contributed by atoms with van der Waals surface area (Å²) in [5, 5.41) is 7.52. The number of benzene rings is 1. The second-order valence-electron chi connectivity index (χ2n) is 6.25. The first-order valence-corrected chi connectivity index (χ1v) is 9.71. The molecule has 2 N–H and O–H groups in total. The molecule has 144 valence electrons. The normalized spacial score (nSPS) is 15.7. The van der Waals surface area contributed by atoms with Crippen LogP contribution in [0.2, 0.25) is 5.02 Å². The molecule has 0 atom stereocenters. The molecule has 2 rings (SSSR count). The summed E-state index contributed by atoms with van der Waals surface area (Å²) in [6, 6.07) is 8.19. The molecule has 0 spiro atoms. The average Bonchev–Trinajstić information content (AvgIpc) is 2.63. The highest BCUT2D eigenvalue weighted by molar-refractivity contribution is 6.30. The quantitative estimate of drug-likeness (QED) is 0.588. The molecule has 0 saturated carbocycles. The molecule has 1 fully saturated rings. The van der Waals surface area contributed by atoms with E-state index in [9.17, 15) is 4.79 Å². The summed E-state index contributed by atoms with van der Waals surface area (Å²) < 4.78 is 5.06. The molecule has 1 aliphatic heterocycles. The van der Waals surface area contributed by atoms with E-state index in [0.717, 1.165) is 36.8 Å². The molecule has 0 unspecified atom stereocenters. The van der Waals surface area contributed by atoms with Gasteiger partial charge in [0.25, 0.3) is 0 Å². The summed E-state index contributed by atoms with van der Waals surface area (Å²) >= 11 is 6.02. The van der Waals surface area contributed by atoms with Crippen molar-refractivity contribution < 1.29 is 9.53 Å². The van der Waals surface area contributed by atoms with Crippen molar-refractivity contribution in [2.24, 2.45) is 4.99 Å². The monoisotopic (exact) mass is 380 g/mol. The van der Waals surface area contributed by atoms with Crippen molar-refractivity contribution in [2.45, 2.75) is 39.2 Å². The van der Waals surface area contributed by atoms with Gasteiger partial charge in [0.15, 0.2) is 5.96 Å². The molecule has 0 radical (unpaired) electrons. The van der Waals surface area contributed by atoms with Crippen LogP contribution in [0, 0.1) is 0 Å². The van der Waals surface area contributed by atoms with Gasteiger partial charge in [0.1, 0.15) is 0 Å². The summed E-state index contributed by atoms with van der Waals surface area (Å²) in [4.78, 5) is 18.2. The van der Waals surface area contributed by atoms with E-state index in [-0.39, 0.29) is 6.09 Å². The Kier molecular flexibility index (Phi) is 8.54. The Balaban J connectivity index is 1.81. The van der Waals surface area contributed by atoms with Gasteiger partial charge in [-0.1, -0.05) is 23.7 Å². The number of likely N-dealkylation sites (tertiary alicyclic amines) is 1. The van der Waals surface area contributed by atoms with Crippen molar-refractivity contribution in [1.82, 2.24) is 15.5 Å². The van der Waals surface area contributed by atoms with Crippen molar-refractivity contribution in [3.05, 3.63) is 34.9 Å². The van der Waals surface area contributed by atoms with Crippen LogP contribution < -0.4 is 10.6 Å². The van der Waals surface area contributed by atoms with Gasteiger partial charge in [-0.2, -0.15) is 0 Å². The lowest BCUT2D eigenvalue weighted by molar-refractivity contribution is 0.0963. The fraction of sp³-hybridized carbons (Fsp3) is 0.579. The lowest BCUT2D eigenvalue weighted by atomic mass is 10.1. The van der Waals surface area contributed by atoms with Crippen LogP contribution in [0.1, 0.15) is 32.3 Å². The van der Waals surface area contributed by atoms with Crippen LogP contribution in [0.25, 0.3) is 0 Å². The largest absolute Gasteiger partial charge is 0.450 e. The van der Waals surface area contributed by atoms with Crippen LogP contribution in [0.15, 0.2) is 29.3 Å². The van der Waals surface area contributed by atoms with Gasteiger partial charge in [0.05, 0.1) is 6.61 Å². The first-order valence-electron chi connectivity index (χ1n) is 9.33. The van der Waals surface area contributed by atoms with Gasteiger partial charge in [-0.3, -0.25) is 4.99 Å². The number of rotatable bonds is 6. The molecule has 26 heavy (non-hydrogen) atoms. The van der Waals surface area contributed by atoms with E-state index in [0.29, 0.717) is 32.3 Å². The van der Waals surface area contributed by atoms with Crippen molar-refractivity contribution in [2.75, 3.05) is 32.8 Å². The molecule has 1 aromatic rings. The molecule has 1 aliphatic rings. The number of halogens is 1. The van der Waals surface area contributed by atoms with Gasteiger partial charge >= 0.3 is 6.09 Å². The van der Waals surface area contributed by atoms with Gasteiger partial charge in [0.2, 0.25) is 0 Å². The zero-order chi connectivity index (χ0) is 18.8. The molecule has 7 heteroatoms. The minimum Gasteiger partial charge on any atom is -0.450 e. The minimum absolute atomic E-state index is 0.215. The maximum Gasteiger partial charge on any atom is 0.409 e. The SMILES string of the molecule is CCNC(=NCCc1cccc(Cl)c1)NC1CCN(C(=O)OCC)CC1. The molecule has 6 nitrogen and oxygen atoms in total. The van der Waals surface area contributed by atoms with Crippen LogP contribution >= 0.6 is 11.6 Å². The number of amides is 1. The van der Waals surface area contributed by atoms with Gasteiger partial charge in [-0.05, 0) is 50.8 Å². The number of nitrogens with zero attached hydrogens (tertiary/aromatic N) is 2. The van der Waals surface area contributed by atoms with Gasteiger partial charge in [0, 0.05) is 37.2 Å². The minimum atomic E-state index is -0.215. The first kappa shape index (κ1) is 20.4. The second kappa shape index (κ2) is 10.9. The van der Waals surface area contributed by atoms with Crippen LogP contribution in [0.3, 0.4) is 0 Å². The number of carbonyl (C=O) groups is 1. The molecule has 0 aliphatic carbocycles. The summed E-state index contributed by atoms with van der Waals surface area (Å²) in [6.45, 7) is 7.21. The third-order valence-corrected chi connectivity index (χ3v) is 4.50. The first-order chi connectivity index (χ1) is 12.6. The van der Waals surface area contributed by atoms with E-state index in [1.807, 2.05) is 25.1 Å². The number of hydrogen-bond acceptors (Lipinski definition) is 3. The highest BCUT2D eigenvalue weighted by Gasteiger charge is 2.23. The van der Waals surface area contributed by atoms with E-state index in [1.165, 1.54) is 5.56 Å². The third kappa shape index (κ3) is 6.75. The Bertz CT molecular complexity index is 601. The number of ether oxygens (including phenoxy) is 1. The molecule has 1 heterocycles. The van der Waals surface area contributed by atoms with Crippen molar-refractivity contribution >= 4 is 23.7 Å². The zero-order valence-electron chi connectivity index (χ0n) is 15.6. The maximum atomic E-state index is 11.8. The van der Waals surface area contributed by atoms with E-state index in [4.69, 9.17) is 16.3 Å². The predicted octanol–water partition coefficient (Wildman–Crippen LogP) is 3.06. The molecule has 1 amide bonds. The Morgan fingerprint density at radius 2 is 2.12 bits per heavy atom. The summed E-state index contributed by atoms with van der Waals surface area (Å²) in [6.07, 6.45) is 2.40. The molecular formula is C19H29ClN4O2. The highest BCUT2D eigenvalue weighted by Crippen LogP contribution is 2.12. The molecule has 0 aromatic heterocycles. The Labute approximate surface area is 161 Å². The van der Waals surface area contributed by atoms with Crippen molar-refractivity contribution in [1.29, 1.82) is 0 Å². The Hall–Kier alpha value is -1.95. The van der Waals surface area contributed by atoms with Crippen LogP contribution in [-0.2, 0) is 11.2 Å². The fourth-order valence-electron chi connectivity index (χ4n) is 2.92. The van der Waals surface area contributed by atoms with Crippen LogP contribution in [0.4, 0.5) is 4.79 Å². The summed E-state index contributed by atoms with van der Waals surface area (Å²) in [5.41, 5.74) is 1.18. The lowest BCUT2D eigenvalue weighted by Crippen LogP contribution is -2.50. The van der Waals surface area contributed by atoms with E-state index in [2.05, 4.69) is 28.6 Å². The van der Waals surface area contributed by atoms with Crippen LogP contribution in [-0.4, -0.2) is 55.8 Å². The number of nitrogens with one attached hydrogen (secondary N) is 2. The zero-order valence-corrected chi connectivity index (χ0v) is 16.4. The smallest absolute Gasteiger partial charge is 0.409 e. The van der Waals surface area contributed by atoms with E-state index in [1.54, 1.807) is 4.90 Å². The van der Waals surface area contributed by atoms with Crippen molar-refractivity contribution in [3.8, 4) is 0 Å².